The zero-order chi connectivity index (χ0) is 20.7. The first-order valence-electron chi connectivity index (χ1n) is 10.7. The number of amides is 1. The van der Waals surface area contributed by atoms with Crippen LogP contribution in [0.3, 0.4) is 0 Å². The average molecular weight is 402 g/mol. The Labute approximate surface area is 175 Å². The van der Waals surface area contributed by atoms with E-state index in [0.29, 0.717) is 11.7 Å². The van der Waals surface area contributed by atoms with Crippen molar-refractivity contribution in [3.63, 3.8) is 0 Å². The zero-order valence-corrected chi connectivity index (χ0v) is 17.2. The molecule has 6 nitrogen and oxygen atoms in total. The van der Waals surface area contributed by atoms with Gasteiger partial charge in [-0.25, -0.2) is 4.98 Å². The molecule has 1 aliphatic carbocycles. The fourth-order valence-corrected chi connectivity index (χ4v) is 4.95. The lowest BCUT2D eigenvalue weighted by molar-refractivity contribution is 0.0553. The van der Waals surface area contributed by atoms with Gasteiger partial charge in [-0.15, -0.1) is 0 Å². The van der Waals surface area contributed by atoms with Crippen molar-refractivity contribution in [2.24, 2.45) is 0 Å². The van der Waals surface area contributed by atoms with Gasteiger partial charge < -0.3 is 4.90 Å². The normalized spacial score (nSPS) is 19.7. The summed E-state index contributed by atoms with van der Waals surface area (Å²) >= 11 is 0. The highest BCUT2D eigenvalue weighted by Gasteiger charge is 2.33. The van der Waals surface area contributed by atoms with Crippen molar-refractivity contribution in [3.05, 3.63) is 81.9 Å². The van der Waals surface area contributed by atoms with Gasteiger partial charge in [0.2, 0.25) is 0 Å². The molecule has 2 aliphatic rings. The minimum absolute atomic E-state index is 0.103. The largest absolute Gasteiger partial charge is 0.337 e. The van der Waals surface area contributed by atoms with E-state index in [-0.39, 0.29) is 23.1 Å². The molecule has 0 N–H and O–H groups in total. The maximum atomic E-state index is 13.2. The number of rotatable bonds is 3. The standard InChI is InChI=1S/C24H26N4O2/c1-26(23(29)21-15-25-22-10-4-5-12-28(22)24(21)30)19-9-6-11-27(16-19)20-13-17-7-2-3-8-18(17)14-20/h2-5,7-8,10,12,15,19-20H,6,9,11,13-14,16H2,1H3/t19-/m0/s1. The van der Waals surface area contributed by atoms with Gasteiger partial charge in [-0.3, -0.25) is 18.9 Å². The third kappa shape index (κ3) is 3.31. The predicted octanol–water partition coefficient (Wildman–Crippen LogP) is 2.40. The molecule has 1 amide bonds. The highest BCUT2D eigenvalue weighted by molar-refractivity contribution is 5.93. The van der Waals surface area contributed by atoms with Gasteiger partial charge in [0, 0.05) is 38.1 Å². The molecule has 154 valence electrons. The molecule has 30 heavy (non-hydrogen) atoms. The fraction of sp³-hybridized carbons (Fsp3) is 0.375. The summed E-state index contributed by atoms with van der Waals surface area (Å²) in [7, 11) is 1.82. The molecular weight excluding hydrogens is 376 g/mol. The number of hydrogen-bond acceptors (Lipinski definition) is 4. The van der Waals surface area contributed by atoms with Gasteiger partial charge in [0.25, 0.3) is 11.5 Å². The Kier molecular flexibility index (Phi) is 4.87. The van der Waals surface area contributed by atoms with E-state index in [1.165, 1.54) is 21.7 Å². The van der Waals surface area contributed by atoms with Crippen molar-refractivity contribution in [2.75, 3.05) is 20.1 Å². The van der Waals surface area contributed by atoms with Gasteiger partial charge in [-0.1, -0.05) is 30.3 Å². The molecule has 2 aromatic heterocycles. The zero-order valence-electron chi connectivity index (χ0n) is 17.2. The second-order valence-electron chi connectivity index (χ2n) is 8.44. The van der Waals surface area contributed by atoms with Crippen molar-refractivity contribution in [1.29, 1.82) is 0 Å². The molecule has 3 aromatic rings. The Balaban J connectivity index is 1.33. The Hall–Kier alpha value is -2.99. The second kappa shape index (κ2) is 7.69. The number of hydrogen-bond donors (Lipinski definition) is 0. The molecule has 1 saturated heterocycles. The van der Waals surface area contributed by atoms with Crippen LogP contribution < -0.4 is 5.56 Å². The van der Waals surface area contributed by atoms with Crippen molar-refractivity contribution in [3.8, 4) is 0 Å². The van der Waals surface area contributed by atoms with Crippen molar-refractivity contribution in [1.82, 2.24) is 19.2 Å². The summed E-state index contributed by atoms with van der Waals surface area (Å²) in [5.74, 6) is -0.243. The van der Waals surface area contributed by atoms with E-state index in [0.717, 1.165) is 38.8 Å². The number of benzene rings is 1. The highest BCUT2D eigenvalue weighted by Crippen LogP contribution is 2.28. The molecule has 1 aliphatic heterocycles. The second-order valence-corrected chi connectivity index (χ2v) is 8.44. The summed E-state index contributed by atoms with van der Waals surface area (Å²) in [5, 5.41) is 0. The van der Waals surface area contributed by atoms with E-state index in [1.54, 1.807) is 23.2 Å². The molecule has 0 radical (unpaired) electrons. The molecule has 0 saturated carbocycles. The van der Waals surface area contributed by atoms with E-state index < -0.39 is 0 Å². The van der Waals surface area contributed by atoms with Gasteiger partial charge in [-0.2, -0.15) is 0 Å². The molecular formula is C24H26N4O2. The molecule has 6 heteroatoms. The van der Waals surface area contributed by atoms with Crippen LogP contribution in [0.25, 0.3) is 5.65 Å². The van der Waals surface area contributed by atoms with Crippen LogP contribution in [0.1, 0.15) is 34.3 Å². The molecule has 1 fully saturated rings. The van der Waals surface area contributed by atoms with Crippen LogP contribution in [0.5, 0.6) is 0 Å². The number of nitrogens with zero attached hydrogens (tertiary/aromatic N) is 4. The fourth-order valence-electron chi connectivity index (χ4n) is 4.95. The van der Waals surface area contributed by atoms with Crippen molar-refractivity contribution in [2.45, 2.75) is 37.8 Å². The predicted molar refractivity (Wildman–Crippen MR) is 116 cm³/mol. The maximum Gasteiger partial charge on any atom is 0.270 e. The van der Waals surface area contributed by atoms with E-state index in [9.17, 15) is 9.59 Å². The van der Waals surface area contributed by atoms with Crippen LogP contribution in [0.2, 0.25) is 0 Å². The lowest BCUT2D eigenvalue weighted by Crippen LogP contribution is -2.52. The number of carbonyl (C=O) groups is 1. The van der Waals surface area contributed by atoms with Crippen molar-refractivity contribution < 1.29 is 4.79 Å². The van der Waals surface area contributed by atoms with Crippen LogP contribution in [0.15, 0.2) is 59.7 Å². The van der Waals surface area contributed by atoms with E-state index in [1.807, 2.05) is 13.1 Å². The number of likely N-dealkylation sites (N-methyl/N-ethyl adjacent to an activating group) is 1. The monoisotopic (exact) mass is 402 g/mol. The summed E-state index contributed by atoms with van der Waals surface area (Å²) in [6.07, 6.45) is 7.25. The van der Waals surface area contributed by atoms with Gasteiger partial charge in [-0.05, 0) is 55.5 Å². The summed E-state index contributed by atoms with van der Waals surface area (Å²) in [5.41, 5.74) is 3.27. The lowest BCUT2D eigenvalue weighted by atomic mass is 10.0. The van der Waals surface area contributed by atoms with Crippen LogP contribution in [-0.2, 0) is 12.8 Å². The number of likely N-dealkylation sites (tertiary alicyclic amines) is 1. The Morgan fingerprint density at radius 3 is 2.60 bits per heavy atom. The lowest BCUT2D eigenvalue weighted by Gasteiger charge is -2.40. The number of pyridine rings is 1. The molecule has 1 atom stereocenters. The van der Waals surface area contributed by atoms with Gasteiger partial charge in [0.1, 0.15) is 11.2 Å². The van der Waals surface area contributed by atoms with Gasteiger partial charge in [0.15, 0.2) is 0 Å². The van der Waals surface area contributed by atoms with E-state index in [2.05, 4.69) is 34.1 Å². The molecule has 0 spiro atoms. The van der Waals surface area contributed by atoms with E-state index in [4.69, 9.17) is 0 Å². The van der Waals surface area contributed by atoms with Crippen LogP contribution in [0, 0.1) is 0 Å². The third-order valence-electron chi connectivity index (χ3n) is 6.69. The van der Waals surface area contributed by atoms with Crippen LogP contribution in [-0.4, -0.2) is 57.3 Å². The van der Waals surface area contributed by atoms with Crippen molar-refractivity contribution >= 4 is 11.6 Å². The van der Waals surface area contributed by atoms with Gasteiger partial charge >= 0.3 is 0 Å². The first-order valence-corrected chi connectivity index (χ1v) is 10.7. The summed E-state index contributed by atoms with van der Waals surface area (Å²) in [6, 6.07) is 14.6. The number of fused-ring (bicyclic) bond motifs is 2. The van der Waals surface area contributed by atoms with Gasteiger partial charge in [0.05, 0.1) is 0 Å². The topological polar surface area (TPSA) is 57.9 Å². The first-order chi connectivity index (χ1) is 14.6. The molecule has 3 heterocycles. The third-order valence-corrected chi connectivity index (χ3v) is 6.69. The summed E-state index contributed by atoms with van der Waals surface area (Å²) in [4.78, 5) is 34.6. The number of aromatic nitrogens is 2. The Morgan fingerprint density at radius 1 is 1.10 bits per heavy atom. The maximum absolute atomic E-state index is 13.2. The smallest absolute Gasteiger partial charge is 0.270 e. The number of piperidine rings is 1. The summed E-state index contributed by atoms with van der Waals surface area (Å²) < 4.78 is 1.43. The van der Waals surface area contributed by atoms with Crippen LogP contribution in [0.4, 0.5) is 0 Å². The molecule has 0 bridgehead atoms. The first kappa shape index (κ1) is 19.0. The number of carbonyl (C=O) groups excluding carboxylic acids is 1. The highest BCUT2D eigenvalue weighted by atomic mass is 16.2. The molecule has 5 rings (SSSR count). The molecule has 1 aromatic carbocycles. The minimum atomic E-state index is -0.309. The Morgan fingerprint density at radius 2 is 1.83 bits per heavy atom. The average Bonchev–Trinajstić information content (AvgIpc) is 3.23. The van der Waals surface area contributed by atoms with E-state index >= 15 is 0 Å². The SMILES string of the molecule is CN(C(=O)c1cnc2ccccn2c1=O)[C@H]1CCCN(C2Cc3ccccc3C2)C1. The molecule has 0 unspecified atom stereocenters. The quantitative estimate of drug-likeness (QED) is 0.675. The minimum Gasteiger partial charge on any atom is -0.337 e. The van der Waals surface area contributed by atoms with Crippen LogP contribution >= 0.6 is 0 Å². The Bertz CT molecular complexity index is 1130. The summed E-state index contributed by atoms with van der Waals surface area (Å²) in [6.45, 7) is 1.92.